The second-order valence-electron chi connectivity index (χ2n) is 7.25. The zero-order chi connectivity index (χ0) is 18.8. The summed E-state index contributed by atoms with van der Waals surface area (Å²) in [5, 5.41) is 2.53. The number of hydrogen-bond acceptors (Lipinski definition) is 4. The van der Waals surface area contributed by atoms with Crippen molar-refractivity contribution in [3.8, 4) is 0 Å². The molecule has 0 aliphatic carbocycles. The Morgan fingerprint density at radius 1 is 1.27 bits per heavy atom. The average molecular weight is 366 g/mol. The first-order chi connectivity index (χ1) is 12.4. The fourth-order valence-electron chi connectivity index (χ4n) is 4.47. The molecule has 4 atom stereocenters. The molecule has 7 heteroatoms. The molecule has 26 heavy (non-hydrogen) atoms. The molecule has 0 aromatic heterocycles. The molecule has 0 spiro atoms. The fourth-order valence-corrected chi connectivity index (χ4v) is 4.47. The predicted octanol–water partition coefficient (Wildman–Crippen LogP) is 3.10. The largest absolute Gasteiger partial charge is 0.468 e. The minimum Gasteiger partial charge on any atom is -0.468 e. The summed E-state index contributed by atoms with van der Waals surface area (Å²) in [7, 11) is 1.40. The molecule has 2 unspecified atom stereocenters. The van der Waals surface area contributed by atoms with Crippen LogP contribution in [-0.4, -0.2) is 42.0 Å². The number of nitrogens with one attached hydrogen (secondary N) is 1. The Bertz CT molecular complexity index is 683. The maximum atomic E-state index is 13.7. The highest BCUT2D eigenvalue weighted by Crippen LogP contribution is 2.41. The van der Waals surface area contributed by atoms with Crippen LogP contribution in [0.15, 0.2) is 18.2 Å². The number of anilines is 1. The van der Waals surface area contributed by atoms with Gasteiger partial charge in [-0.05, 0) is 50.7 Å². The first kappa shape index (κ1) is 18.8. The highest BCUT2D eigenvalue weighted by atomic mass is 19.1. The molecule has 0 saturated carbocycles. The van der Waals surface area contributed by atoms with E-state index in [9.17, 15) is 18.4 Å². The molecular weight excluding hydrogens is 342 g/mol. The van der Waals surface area contributed by atoms with Gasteiger partial charge in [-0.15, -0.1) is 0 Å². The SMILES string of the molecule is COC(=O)[C@@H](C)N1C2CC[C@H]1CC(CC(=O)Nc1ccc(F)cc1F)C2. The van der Waals surface area contributed by atoms with Crippen molar-refractivity contribution in [2.24, 2.45) is 5.92 Å². The van der Waals surface area contributed by atoms with Gasteiger partial charge in [0.05, 0.1) is 12.8 Å². The first-order valence-electron chi connectivity index (χ1n) is 8.99. The molecular formula is C19H24F2N2O3. The number of carbonyl (C=O) groups is 2. The number of ether oxygens (including phenoxy) is 1. The smallest absolute Gasteiger partial charge is 0.322 e. The van der Waals surface area contributed by atoms with E-state index < -0.39 is 11.6 Å². The summed E-state index contributed by atoms with van der Waals surface area (Å²) < 4.78 is 31.5. The Kier molecular flexibility index (Phi) is 5.55. The Morgan fingerprint density at radius 3 is 2.50 bits per heavy atom. The Labute approximate surface area is 151 Å². The molecule has 1 amide bonds. The van der Waals surface area contributed by atoms with E-state index in [0.29, 0.717) is 6.42 Å². The molecule has 2 saturated heterocycles. The highest BCUT2D eigenvalue weighted by Gasteiger charge is 2.45. The van der Waals surface area contributed by atoms with Crippen molar-refractivity contribution < 1.29 is 23.1 Å². The Balaban J connectivity index is 1.58. The molecule has 2 fully saturated rings. The van der Waals surface area contributed by atoms with E-state index in [1.54, 1.807) is 0 Å². The number of fused-ring (bicyclic) bond motifs is 2. The molecule has 1 aromatic carbocycles. The number of halogens is 2. The lowest BCUT2D eigenvalue weighted by Gasteiger charge is -2.41. The van der Waals surface area contributed by atoms with E-state index in [1.807, 2.05) is 6.92 Å². The van der Waals surface area contributed by atoms with Crippen LogP contribution in [-0.2, 0) is 14.3 Å². The van der Waals surface area contributed by atoms with Gasteiger partial charge in [-0.1, -0.05) is 0 Å². The lowest BCUT2D eigenvalue weighted by Crippen LogP contribution is -2.51. The van der Waals surface area contributed by atoms with Crippen molar-refractivity contribution in [2.45, 2.75) is 57.2 Å². The zero-order valence-corrected chi connectivity index (χ0v) is 15.0. The predicted molar refractivity (Wildman–Crippen MR) is 92.5 cm³/mol. The van der Waals surface area contributed by atoms with E-state index in [4.69, 9.17) is 4.74 Å². The summed E-state index contributed by atoms with van der Waals surface area (Å²) in [6, 6.07) is 3.35. The van der Waals surface area contributed by atoms with Crippen LogP contribution < -0.4 is 5.32 Å². The van der Waals surface area contributed by atoms with Crippen LogP contribution in [0.25, 0.3) is 0 Å². The molecule has 2 aliphatic rings. The van der Waals surface area contributed by atoms with Gasteiger partial charge in [0, 0.05) is 24.6 Å². The third-order valence-electron chi connectivity index (χ3n) is 5.56. The lowest BCUT2D eigenvalue weighted by molar-refractivity contribution is -0.148. The number of methoxy groups -OCH3 is 1. The van der Waals surface area contributed by atoms with E-state index in [2.05, 4.69) is 10.2 Å². The van der Waals surface area contributed by atoms with Gasteiger partial charge in [0.1, 0.15) is 17.7 Å². The number of amides is 1. The van der Waals surface area contributed by atoms with Crippen molar-refractivity contribution in [1.29, 1.82) is 0 Å². The summed E-state index contributed by atoms with van der Waals surface area (Å²) in [6.45, 7) is 1.86. The van der Waals surface area contributed by atoms with Crippen LogP contribution in [0, 0.1) is 17.6 Å². The summed E-state index contributed by atoms with van der Waals surface area (Å²) in [5.74, 6) is -1.76. The first-order valence-corrected chi connectivity index (χ1v) is 8.99. The monoisotopic (exact) mass is 366 g/mol. The molecule has 2 aliphatic heterocycles. The van der Waals surface area contributed by atoms with Crippen LogP contribution in [0.3, 0.4) is 0 Å². The van der Waals surface area contributed by atoms with Crippen LogP contribution in [0.1, 0.15) is 39.0 Å². The van der Waals surface area contributed by atoms with E-state index >= 15 is 0 Å². The lowest BCUT2D eigenvalue weighted by atomic mass is 9.87. The minimum atomic E-state index is -0.778. The molecule has 1 aromatic rings. The topological polar surface area (TPSA) is 58.6 Å². The number of carbonyl (C=O) groups excluding carboxylic acids is 2. The summed E-state index contributed by atoms with van der Waals surface area (Å²) in [5.41, 5.74) is -0.00359. The number of esters is 1. The van der Waals surface area contributed by atoms with Crippen LogP contribution in [0.5, 0.6) is 0 Å². The normalized spacial score (nSPS) is 26.4. The van der Waals surface area contributed by atoms with Gasteiger partial charge < -0.3 is 10.1 Å². The minimum absolute atomic E-state index is 0.00359. The van der Waals surface area contributed by atoms with Gasteiger partial charge in [0.25, 0.3) is 0 Å². The number of rotatable bonds is 5. The van der Waals surface area contributed by atoms with E-state index in [1.165, 1.54) is 13.2 Å². The molecule has 1 N–H and O–H groups in total. The average Bonchev–Trinajstić information content (AvgIpc) is 2.86. The Morgan fingerprint density at radius 2 is 1.92 bits per heavy atom. The van der Waals surface area contributed by atoms with Gasteiger partial charge >= 0.3 is 5.97 Å². The van der Waals surface area contributed by atoms with Gasteiger partial charge in [0.15, 0.2) is 0 Å². The molecule has 0 radical (unpaired) electrons. The van der Waals surface area contributed by atoms with E-state index in [0.717, 1.165) is 37.8 Å². The molecule has 2 bridgehead atoms. The third kappa shape index (κ3) is 3.87. The molecule has 2 heterocycles. The number of benzene rings is 1. The summed E-state index contributed by atoms with van der Waals surface area (Å²) in [6.07, 6.45) is 3.98. The Hall–Kier alpha value is -2.02. The quantitative estimate of drug-likeness (QED) is 0.814. The van der Waals surface area contributed by atoms with Gasteiger partial charge in [-0.3, -0.25) is 14.5 Å². The fraction of sp³-hybridized carbons (Fsp3) is 0.579. The maximum Gasteiger partial charge on any atom is 0.322 e. The second-order valence-corrected chi connectivity index (χ2v) is 7.25. The van der Waals surface area contributed by atoms with Crippen molar-refractivity contribution in [3.63, 3.8) is 0 Å². The van der Waals surface area contributed by atoms with Crippen LogP contribution in [0.2, 0.25) is 0 Å². The second kappa shape index (κ2) is 7.70. The van der Waals surface area contributed by atoms with E-state index in [-0.39, 0.29) is 41.6 Å². The van der Waals surface area contributed by atoms with Crippen molar-refractivity contribution in [3.05, 3.63) is 29.8 Å². The number of piperidine rings is 1. The van der Waals surface area contributed by atoms with Gasteiger partial charge in [-0.2, -0.15) is 0 Å². The van der Waals surface area contributed by atoms with Crippen LogP contribution >= 0.6 is 0 Å². The molecule has 5 nitrogen and oxygen atoms in total. The van der Waals surface area contributed by atoms with Crippen molar-refractivity contribution in [1.82, 2.24) is 4.90 Å². The molecule has 142 valence electrons. The van der Waals surface area contributed by atoms with Gasteiger partial charge in [-0.25, -0.2) is 8.78 Å². The van der Waals surface area contributed by atoms with Crippen LogP contribution in [0.4, 0.5) is 14.5 Å². The van der Waals surface area contributed by atoms with Gasteiger partial charge in [0.2, 0.25) is 5.91 Å². The standard InChI is InChI=1S/C19H24F2N2O3/c1-11(19(25)26-2)23-14-4-5-15(23)8-12(7-14)9-18(24)22-17-6-3-13(20)10-16(17)21/h3,6,10-12,14-15H,4-5,7-9H2,1-2H3,(H,22,24)/t11-,12?,14+,15?/m1/s1. The number of hydrogen-bond donors (Lipinski definition) is 1. The third-order valence-corrected chi connectivity index (χ3v) is 5.56. The molecule has 3 rings (SSSR count). The number of nitrogens with zero attached hydrogens (tertiary/aromatic N) is 1. The maximum absolute atomic E-state index is 13.7. The van der Waals surface area contributed by atoms with Crippen molar-refractivity contribution in [2.75, 3.05) is 12.4 Å². The highest BCUT2D eigenvalue weighted by molar-refractivity contribution is 5.91. The zero-order valence-electron chi connectivity index (χ0n) is 15.0. The summed E-state index contributed by atoms with van der Waals surface area (Å²) in [4.78, 5) is 26.3. The summed E-state index contributed by atoms with van der Waals surface area (Å²) >= 11 is 0. The van der Waals surface area contributed by atoms with Crippen molar-refractivity contribution >= 4 is 17.6 Å².